The first kappa shape index (κ1) is 14.8. The van der Waals surface area contributed by atoms with Crippen LogP contribution < -0.4 is 0 Å². The van der Waals surface area contributed by atoms with Crippen molar-refractivity contribution in [3.63, 3.8) is 0 Å². The van der Waals surface area contributed by atoms with Crippen LogP contribution in [0.4, 0.5) is 0 Å². The number of hydrogen-bond acceptors (Lipinski definition) is 2. The van der Waals surface area contributed by atoms with E-state index in [1.807, 2.05) is 24.3 Å². The van der Waals surface area contributed by atoms with E-state index in [1.54, 1.807) is 0 Å². The summed E-state index contributed by atoms with van der Waals surface area (Å²) >= 11 is 5.88. The normalized spacial score (nSPS) is 26.3. The van der Waals surface area contributed by atoms with E-state index >= 15 is 0 Å². The molecule has 1 saturated heterocycles. The molecule has 0 aromatic heterocycles. The molecule has 1 aromatic carbocycles. The predicted octanol–water partition coefficient (Wildman–Crippen LogP) is 3.84. The van der Waals surface area contributed by atoms with Gasteiger partial charge in [-0.05, 0) is 58.2 Å². The van der Waals surface area contributed by atoms with Gasteiger partial charge >= 0.3 is 0 Å². The highest BCUT2D eigenvalue weighted by Crippen LogP contribution is 2.44. The minimum absolute atomic E-state index is 0.151. The maximum atomic E-state index is 10.5. The molecule has 106 valence electrons. The molecule has 1 aromatic rings. The van der Waals surface area contributed by atoms with E-state index in [0.717, 1.165) is 17.0 Å². The molecular weight excluding hydrogens is 260 g/mol. The van der Waals surface area contributed by atoms with Gasteiger partial charge in [-0.15, -0.1) is 0 Å². The monoisotopic (exact) mass is 282 g/mol. The smallest absolute Gasteiger partial charge is 0.0687 e. The molecule has 19 heavy (non-hydrogen) atoms. The van der Waals surface area contributed by atoms with Crippen LogP contribution in [0.2, 0.25) is 5.02 Å². The Labute approximate surface area is 120 Å². The van der Waals surface area contributed by atoms with Crippen molar-refractivity contribution in [3.05, 3.63) is 34.9 Å². The summed E-state index contributed by atoms with van der Waals surface area (Å²) in [6, 6.07) is 7.67. The molecule has 1 N–H and O–H groups in total. The molecule has 0 bridgehead atoms. The zero-order valence-corrected chi connectivity index (χ0v) is 12.9. The van der Waals surface area contributed by atoms with E-state index in [-0.39, 0.29) is 17.1 Å². The summed E-state index contributed by atoms with van der Waals surface area (Å²) in [7, 11) is 0. The maximum absolute atomic E-state index is 10.5. The quantitative estimate of drug-likeness (QED) is 0.913. The van der Waals surface area contributed by atoms with Crippen molar-refractivity contribution in [1.29, 1.82) is 0 Å². The van der Waals surface area contributed by atoms with Crippen LogP contribution >= 0.6 is 11.6 Å². The van der Waals surface area contributed by atoms with Gasteiger partial charge in [0.05, 0.1) is 17.3 Å². The Morgan fingerprint density at radius 3 is 2.32 bits per heavy atom. The zero-order valence-electron chi connectivity index (χ0n) is 12.1. The van der Waals surface area contributed by atoms with Gasteiger partial charge in [-0.1, -0.05) is 23.7 Å². The van der Waals surface area contributed by atoms with Crippen molar-refractivity contribution in [3.8, 4) is 0 Å². The van der Waals surface area contributed by atoms with Crippen LogP contribution in [0, 0.1) is 5.92 Å². The summed E-state index contributed by atoms with van der Waals surface area (Å²) < 4.78 is 6.05. The molecule has 2 nitrogen and oxygen atoms in total. The summed E-state index contributed by atoms with van der Waals surface area (Å²) in [6.07, 6.45) is 1.14. The molecule has 0 spiro atoms. The van der Waals surface area contributed by atoms with Crippen molar-refractivity contribution < 1.29 is 9.84 Å². The molecule has 2 atom stereocenters. The number of rotatable bonds is 3. The van der Waals surface area contributed by atoms with Crippen molar-refractivity contribution in [2.75, 3.05) is 0 Å². The Morgan fingerprint density at radius 2 is 1.84 bits per heavy atom. The first-order valence-electron chi connectivity index (χ1n) is 6.82. The lowest BCUT2D eigenvalue weighted by atomic mass is 9.81. The highest BCUT2D eigenvalue weighted by atomic mass is 35.5. The number of ether oxygens (including phenoxy) is 1. The molecule has 1 heterocycles. The Bertz CT molecular complexity index is 437. The van der Waals surface area contributed by atoms with Crippen LogP contribution in [0.25, 0.3) is 0 Å². The number of benzene rings is 1. The summed E-state index contributed by atoms with van der Waals surface area (Å²) in [5.74, 6) is 0.151. The molecular formula is C16H23ClO2. The number of hydrogen-bond donors (Lipinski definition) is 1. The van der Waals surface area contributed by atoms with E-state index in [4.69, 9.17) is 16.3 Å². The summed E-state index contributed by atoms with van der Waals surface area (Å²) in [4.78, 5) is 0. The number of halogens is 1. The first-order chi connectivity index (χ1) is 8.70. The Balaban J connectivity index is 2.07. The average Bonchev–Trinajstić information content (AvgIpc) is 2.50. The molecule has 0 amide bonds. The van der Waals surface area contributed by atoms with Crippen molar-refractivity contribution >= 4 is 11.6 Å². The van der Waals surface area contributed by atoms with E-state index in [0.29, 0.717) is 6.42 Å². The van der Waals surface area contributed by atoms with Crippen molar-refractivity contribution in [2.45, 2.75) is 57.8 Å². The zero-order chi connectivity index (χ0) is 14.3. The van der Waals surface area contributed by atoms with Gasteiger partial charge in [-0.2, -0.15) is 0 Å². The lowest BCUT2D eigenvalue weighted by molar-refractivity contribution is -0.0873. The van der Waals surface area contributed by atoms with Gasteiger partial charge in [0, 0.05) is 10.9 Å². The van der Waals surface area contributed by atoms with Gasteiger partial charge in [0.15, 0.2) is 0 Å². The average molecular weight is 283 g/mol. The third-order valence-electron chi connectivity index (χ3n) is 3.97. The molecule has 0 aliphatic carbocycles. The highest BCUT2D eigenvalue weighted by Gasteiger charge is 2.48. The minimum atomic E-state index is -0.391. The van der Waals surface area contributed by atoms with Crippen LogP contribution in [0.5, 0.6) is 0 Å². The molecule has 1 aliphatic heterocycles. The molecule has 3 heteroatoms. The van der Waals surface area contributed by atoms with E-state index in [9.17, 15) is 5.11 Å². The second kappa shape index (κ2) is 5.08. The first-order valence-corrected chi connectivity index (χ1v) is 7.20. The fourth-order valence-corrected chi connectivity index (χ4v) is 3.33. The molecule has 0 radical (unpaired) electrons. The van der Waals surface area contributed by atoms with Crippen molar-refractivity contribution in [2.24, 2.45) is 5.92 Å². The lowest BCUT2D eigenvalue weighted by Gasteiger charge is -2.30. The van der Waals surface area contributed by atoms with E-state index in [1.165, 1.54) is 0 Å². The van der Waals surface area contributed by atoms with Gasteiger partial charge in [0.1, 0.15) is 0 Å². The molecule has 1 aliphatic rings. The molecule has 2 rings (SSSR count). The fraction of sp³-hybridized carbons (Fsp3) is 0.625. The SMILES string of the molecule is CC1(C)CC(C(O)Cc2ccc(Cl)cc2)C(C)(C)O1. The second-order valence-corrected chi connectivity index (χ2v) is 7.11. The topological polar surface area (TPSA) is 29.5 Å². The minimum Gasteiger partial charge on any atom is -0.392 e. The summed E-state index contributed by atoms with van der Waals surface area (Å²) in [5, 5.41) is 11.3. The summed E-state index contributed by atoms with van der Waals surface area (Å²) in [6.45, 7) is 8.31. The van der Waals surface area contributed by atoms with Crippen LogP contribution in [-0.2, 0) is 11.2 Å². The lowest BCUT2D eigenvalue weighted by Crippen LogP contribution is -2.37. The Morgan fingerprint density at radius 1 is 1.26 bits per heavy atom. The van der Waals surface area contributed by atoms with Crippen LogP contribution in [0.1, 0.15) is 39.7 Å². The third kappa shape index (κ3) is 3.50. The highest BCUT2D eigenvalue weighted by molar-refractivity contribution is 6.30. The molecule has 2 unspecified atom stereocenters. The van der Waals surface area contributed by atoms with Gasteiger partial charge in [-0.3, -0.25) is 0 Å². The predicted molar refractivity (Wildman–Crippen MR) is 78.5 cm³/mol. The van der Waals surface area contributed by atoms with Gasteiger partial charge in [0.2, 0.25) is 0 Å². The van der Waals surface area contributed by atoms with Crippen molar-refractivity contribution in [1.82, 2.24) is 0 Å². The molecule has 1 fully saturated rings. The standard InChI is InChI=1S/C16H23ClO2/c1-15(2)10-13(16(3,4)19-15)14(18)9-11-5-7-12(17)8-6-11/h5-8,13-14,18H,9-10H2,1-4H3. The third-order valence-corrected chi connectivity index (χ3v) is 4.22. The van der Waals surface area contributed by atoms with Gasteiger partial charge in [-0.25, -0.2) is 0 Å². The largest absolute Gasteiger partial charge is 0.392 e. The van der Waals surface area contributed by atoms with Crippen LogP contribution in [-0.4, -0.2) is 22.4 Å². The summed E-state index contributed by atoms with van der Waals surface area (Å²) in [5.41, 5.74) is 0.669. The number of aliphatic hydroxyl groups is 1. The Kier molecular flexibility index (Phi) is 3.97. The van der Waals surface area contributed by atoms with Crippen LogP contribution in [0.3, 0.4) is 0 Å². The van der Waals surface area contributed by atoms with Crippen LogP contribution in [0.15, 0.2) is 24.3 Å². The molecule has 0 saturated carbocycles. The number of aliphatic hydroxyl groups excluding tert-OH is 1. The maximum Gasteiger partial charge on any atom is 0.0687 e. The Hall–Kier alpha value is -0.570. The van der Waals surface area contributed by atoms with E-state index in [2.05, 4.69) is 27.7 Å². The van der Waals surface area contributed by atoms with E-state index < -0.39 is 6.10 Å². The van der Waals surface area contributed by atoms with Gasteiger partial charge < -0.3 is 9.84 Å². The second-order valence-electron chi connectivity index (χ2n) is 6.67. The van der Waals surface area contributed by atoms with Gasteiger partial charge in [0.25, 0.3) is 0 Å². The fourth-order valence-electron chi connectivity index (χ4n) is 3.21.